The second-order valence-corrected chi connectivity index (χ2v) is 12.1. The van der Waals surface area contributed by atoms with Crippen LogP contribution in [0.25, 0.3) is 0 Å². The Hall–Kier alpha value is -0.0600. The maximum absolute atomic E-state index is 6.13. The maximum atomic E-state index is 6.13. The Morgan fingerprint density at radius 3 is 2.31 bits per heavy atom. The van der Waals surface area contributed by atoms with E-state index in [2.05, 4.69) is 77.0 Å². The second-order valence-electron chi connectivity index (χ2n) is 10.3. The van der Waals surface area contributed by atoms with Gasteiger partial charge in [0.25, 0.3) is 0 Å². The lowest BCUT2D eigenvalue weighted by atomic mass is 9.43. The fourth-order valence-corrected chi connectivity index (χ4v) is 8.45. The van der Waals surface area contributed by atoms with E-state index in [1.54, 1.807) is 0 Å². The lowest BCUT2D eigenvalue weighted by molar-refractivity contribution is -0.118. The van der Waals surface area contributed by atoms with Crippen molar-refractivity contribution in [3.05, 3.63) is 26.6 Å². The molecule has 144 valence electrons. The zero-order valence-corrected chi connectivity index (χ0v) is 19.6. The van der Waals surface area contributed by atoms with Gasteiger partial charge in [-0.25, -0.2) is 0 Å². The molecule has 4 fully saturated rings. The predicted molar refractivity (Wildman–Crippen MR) is 115 cm³/mol. The van der Waals surface area contributed by atoms with E-state index < -0.39 is 0 Å². The standard InChI is InChI=1S/C22H31Br2NO/c1-14(2)26-19-16(5-17(23)6-18(19)24)10-25-22-9-15-7-20(3,12-22)11-21(4,8-15)13-22/h5-6,14-15,25H,7-13H2,1-4H3. The van der Waals surface area contributed by atoms with Crippen LogP contribution in [0.1, 0.15) is 71.8 Å². The van der Waals surface area contributed by atoms with Crippen LogP contribution in [0.15, 0.2) is 21.1 Å². The summed E-state index contributed by atoms with van der Waals surface area (Å²) in [4.78, 5) is 0. The van der Waals surface area contributed by atoms with Gasteiger partial charge in [-0.2, -0.15) is 0 Å². The molecule has 0 amide bonds. The monoisotopic (exact) mass is 483 g/mol. The molecule has 1 aromatic rings. The van der Waals surface area contributed by atoms with Gasteiger partial charge in [-0.05, 0) is 97.2 Å². The molecule has 2 unspecified atom stereocenters. The summed E-state index contributed by atoms with van der Waals surface area (Å²) in [6.07, 6.45) is 8.50. The number of ether oxygens (including phenoxy) is 1. The molecule has 26 heavy (non-hydrogen) atoms. The van der Waals surface area contributed by atoms with Crippen molar-refractivity contribution in [1.29, 1.82) is 0 Å². The normalized spacial score (nSPS) is 38.2. The van der Waals surface area contributed by atoms with Gasteiger partial charge in [0, 0.05) is 22.1 Å². The summed E-state index contributed by atoms with van der Waals surface area (Å²) in [5, 5.41) is 4.04. The average molecular weight is 485 g/mol. The fraction of sp³-hybridized carbons (Fsp3) is 0.727. The molecule has 0 aliphatic heterocycles. The molecule has 4 aliphatic rings. The van der Waals surface area contributed by atoms with Crippen molar-refractivity contribution in [3.8, 4) is 5.75 Å². The van der Waals surface area contributed by atoms with Crippen LogP contribution in [-0.2, 0) is 6.54 Å². The maximum Gasteiger partial charge on any atom is 0.138 e. The molecule has 4 saturated carbocycles. The van der Waals surface area contributed by atoms with E-state index in [1.807, 2.05) is 0 Å². The largest absolute Gasteiger partial charge is 0.489 e. The Balaban J connectivity index is 1.58. The molecule has 2 nitrogen and oxygen atoms in total. The molecule has 4 aliphatic carbocycles. The average Bonchev–Trinajstić information content (AvgIpc) is 2.44. The molecule has 0 heterocycles. The van der Waals surface area contributed by atoms with Gasteiger partial charge in [0.05, 0.1) is 10.6 Å². The minimum atomic E-state index is 0.170. The summed E-state index contributed by atoms with van der Waals surface area (Å²) in [5.74, 6) is 1.90. The van der Waals surface area contributed by atoms with E-state index in [9.17, 15) is 0 Å². The zero-order valence-electron chi connectivity index (χ0n) is 16.4. The van der Waals surface area contributed by atoms with Crippen molar-refractivity contribution >= 4 is 31.9 Å². The van der Waals surface area contributed by atoms with E-state index in [1.165, 1.54) is 44.1 Å². The number of rotatable bonds is 5. The molecule has 4 bridgehead atoms. The molecular weight excluding hydrogens is 454 g/mol. The first kappa shape index (κ1) is 19.3. The van der Waals surface area contributed by atoms with Crippen LogP contribution in [0, 0.1) is 16.7 Å². The third-order valence-electron chi connectivity index (χ3n) is 6.72. The van der Waals surface area contributed by atoms with Crippen LogP contribution in [0.2, 0.25) is 0 Å². The molecule has 5 rings (SSSR count). The number of halogens is 2. The second kappa shape index (κ2) is 6.49. The molecule has 0 aromatic heterocycles. The summed E-state index contributed by atoms with van der Waals surface area (Å²) in [6, 6.07) is 4.29. The molecule has 1 aromatic carbocycles. The third-order valence-corrected chi connectivity index (χ3v) is 7.77. The first-order chi connectivity index (χ1) is 12.1. The summed E-state index contributed by atoms with van der Waals surface area (Å²) in [5.41, 5.74) is 2.63. The van der Waals surface area contributed by atoms with Gasteiger partial charge in [-0.15, -0.1) is 0 Å². The smallest absolute Gasteiger partial charge is 0.138 e. The van der Waals surface area contributed by atoms with Gasteiger partial charge in [-0.3, -0.25) is 0 Å². The Morgan fingerprint density at radius 2 is 1.73 bits per heavy atom. The molecule has 0 saturated heterocycles. The van der Waals surface area contributed by atoms with Crippen LogP contribution in [0.4, 0.5) is 0 Å². The van der Waals surface area contributed by atoms with Crippen LogP contribution in [0.3, 0.4) is 0 Å². The topological polar surface area (TPSA) is 21.3 Å². The number of benzene rings is 1. The van der Waals surface area contributed by atoms with Crippen molar-refractivity contribution in [2.75, 3.05) is 0 Å². The van der Waals surface area contributed by atoms with Gasteiger partial charge in [0.2, 0.25) is 0 Å². The Labute approximate surface area is 175 Å². The minimum absolute atomic E-state index is 0.170. The third kappa shape index (κ3) is 3.63. The lowest BCUT2D eigenvalue weighted by Gasteiger charge is -2.65. The van der Waals surface area contributed by atoms with E-state index >= 15 is 0 Å². The van der Waals surface area contributed by atoms with Crippen LogP contribution in [-0.4, -0.2) is 11.6 Å². The first-order valence-electron chi connectivity index (χ1n) is 9.99. The van der Waals surface area contributed by atoms with E-state index in [0.29, 0.717) is 16.4 Å². The summed E-state index contributed by atoms with van der Waals surface area (Å²) in [6.45, 7) is 10.1. The molecule has 2 atom stereocenters. The lowest BCUT2D eigenvalue weighted by Crippen LogP contribution is -2.63. The van der Waals surface area contributed by atoms with Crippen LogP contribution < -0.4 is 10.1 Å². The number of hydrogen-bond acceptors (Lipinski definition) is 2. The SMILES string of the molecule is CC(C)Oc1c(Br)cc(Br)cc1CNC12CC3CC(C)(CC(C)(C3)C1)C2. The zero-order chi connectivity index (χ0) is 18.7. The van der Waals surface area contributed by atoms with Gasteiger partial charge in [0.1, 0.15) is 5.75 Å². The van der Waals surface area contributed by atoms with Gasteiger partial charge in [-0.1, -0.05) is 29.8 Å². The van der Waals surface area contributed by atoms with E-state index in [0.717, 1.165) is 27.2 Å². The first-order valence-corrected chi connectivity index (χ1v) is 11.6. The van der Waals surface area contributed by atoms with Crippen LogP contribution in [0.5, 0.6) is 5.75 Å². The number of nitrogens with one attached hydrogen (secondary N) is 1. The Kier molecular flexibility index (Phi) is 4.81. The number of hydrogen-bond donors (Lipinski definition) is 1. The summed E-state index contributed by atoms with van der Waals surface area (Å²) in [7, 11) is 0. The summed E-state index contributed by atoms with van der Waals surface area (Å²) < 4.78 is 8.26. The van der Waals surface area contributed by atoms with Crippen molar-refractivity contribution in [2.45, 2.75) is 84.4 Å². The molecule has 4 heteroatoms. The van der Waals surface area contributed by atoms with Gasteiger partial charge in [0.15, 0.2) is 0 Å². The minimum Gasteiger partial charge on any atom is -0.489 e. The highest BCUT2D eigenvalue weighted by atomic mass is 79.9. The van der Waals surface area contributed by atoms with Crippen molar-refractivity contribution < 1.29 is 4.74 Å². The van der Waals surface area contributed by atoms with E-state index in [4.69, 9.17) is 4.74 Å². The van der Waals surface area contributed by atoms with Crippen molar-refractivity contribution in [3.63, 3.8) is 0 Å². The highest BCUT2D eigenvalue weighted by molar-refractivity contribution is 9.11. The Morgan fingerprint density at radius 1 is 1.08 bits per heavy atom. The quantitative estimate of drug-likeness (QED) is 0.494. The molecular formula is C22H31Br2NO. The molecule has 0 radical (unpaired) electrons. The summed E-state index contributed by atoms with van der Waals surface area (Å²) >= 11 is 7.35. The molecule has 0 spiro atoms. The van der Waals surface area contributed by atoms with E-state index in [-0.39, 0.29) is 6.10 Å². The highest BCUT2D eigenvalue weighted by Crippen LogP contribution is 2.66. The highest BCUT2D eigenvalue weighted by Gasteiger charge is 2.59. The van der Waals surface area contributed by atoms with Crippen LogP contribution >= 0.6 is 31.9 Å². The van der Waals surface area contributed by atoms with Gasteiger partial charge >= 0.3 is 0 Å². The fourth-order valence-electron chi connectivity index (χ4n) is 7.04. The van der Waals surface area contributed by atoms with Crippen molar-refractivity contribution in [2.24, 2.45) is 16.7 Å². The predicted octanol–water partition coefficient (Wildman–Crippen LogP) is 6.84. The molecule has 1 N–H and O–H groups in total. The van der Waals surface area contributed by atoms with Crippen molar-refractivity contribution in [1.82, 2.24) is 5.32 Å². The Bertz CT molecular complexity index is 698. The van der Waals surface area contributed by atoms with Gasteiger partial charge < -0.3 is 10.1 Å².